The van der Waals surface area contributed by atoms with Gasteiger partial charge in [0.15, 0.2) is 0 Å². The molecular weight excluding hydrogens is 1060 g/mol. The highest BCUT2D eigenvalue weighted by Crippen LogP contribution is 2.88. The summed E-state index contributed by atoms with van der Waals surface area (Å²) in [5.41, 5.74) is 25.1. The highest BCUT2D eigenvalue weighted by atomic mass is 16.5. The molecule has 0 aromatic heterocycles. The number of hydrogen-bond acceptors (Lipinski definition) is 6. The molecule has 2 heterocycles. The van der Waals surface area contributed by atoms with E-state index in [0.717, 1.165) is 61.4 Å². The molecular formula is C78H42N4O4+2. The maximum atomic E-state index is 6.73. The summed E-state index contributed by atoms with van der Waals surface area (Å²) in [6.45, 7) is 12.5. The molecule has 0 amide bonds. The predicted molar refractivity (Wildman–Crippen MR) is 350 cm³/mol. The number of quaternary nitrogens is 2. The van der Waals surface area contributed by atoms with Crippen molar-refractivity contribution in [2.24, 2.45) is 11.5 Å². The third kappa shape index (κ3) is 2.43. The zero-order valence-electron chi connectivity index (χ0n) is 47.0. The van der Waals surface area contributed by atoms with Gasteiger partial charge in [0.25, 0.3) is 0 Å². The highest BCUT2D eigenvalue weighted by Gasteiger charge is 2.81. The van der Waals surface area contributed by atoms with Crippen molar-refractivity contribution in [3.8, 4) is 0 Å². The maximum absolute atomic E-state index is 6.73. The van der Waals surface area contributed by atoms with Crippen LogP contribution in [0.2, 0.25) is 0 Å². The predicted octanol–water partition coefficient (Wildman–Crippen LogP) is 13.8. The number of ether oxygens (including phenoxy) is 4. The van der Waals surface area contributed by atoms with Crippen LogP contribution in [0, 0.1) is 0 Å². The Hall–Kier alpha value is -7.60. The first kappa shape index (κ1) is 38.5. The standard InChI is InChI=1S/C78H42N4O4/c1-81(5-9-85-13-11-83-7-3-79)15-75-67-51-40-29-22-23-27-20-19-24-21-25(20)36-45-34(27)41-30(23)32-31(29)42-39-43(32)54-52(41)68-56(45)58-47(36)38-28(21)37-46-35(24)44(33(40)26(19)22)55(67)57(46)69-59-48(37)49(38)60-64-63(59)73(77(69,75)17-81)65-61(71(75)53(42)51)50(39)62-66(65)74(64)78(70(58)60)18-82(2,16-76(68,78)72(54)62)6-10-86-14-12-84-8-4-80/h3-18,79-80H2,1-2H3/q+2. The Morgan fingerprint density at radius 1 is 0.221 bits per heavy atom. The summed E-state index contributed by atoms with van der Waals surface area (Å²) >= 11 is 0. The summed E-state index contributed by atoms with van der Waals surface area (Å²) in [6, 6.07) is 0. The van der Waals surface area contributed by atoms with Gasteiger partial charge in [-0.25, -0.2) is 0 Å². The minimum atomic E-state index is -0.250. The minimum absolute atomic E-state index is 0.242. The summed E-state index contributed by atoms with van der Waals surface area (Å²) < 4.78 is 27.3. The van der Waals surface area contributed by atoms with Crippen LogP contribution in [-0.4, -0.2) is 128 Å². The molecule has 6 atom stereocenters. The average molecular weight is 1100 g/mol. The molecule has 0 radical (unpaired) electrons. The van der Waals surface area contributed by atoms with Gasteiger partial charge in [0.1, 0.15) is 13.1 Å². The summed E-state index contributed by atoms with van der Waals surface area (Å²) in [6.07, 6.45) is 0. The van der Waals surface area contributed by atoms with Crippen LogP contribution >= 0.6 is 0 Å². The lowest BCUT2D eigenvalue weighted by Gasteiger charge is -2.48. The van der Waals surface area contributed by atoms with Crippen LogP contribution in [0.25, 0.3) is 259 Å². The monoisotopic (exact) mass is 1100 g/mol. The number of likely N-dealkylation sites (N-methyl/N-ethyl adjacent to an activating group) is 2. The van der Waals surface area contributed by atoms with E-state index in [4.69, 9.17) is 30.4 Å². The van der Waals surface area contributed by atoms with Crippen LogP contribution in [-0.2, 0) is 40.6 Å². The molecule has 86 heavy (non-hydrogen) atoms. The second kappa shape index (κ2) is 9.65. The first-order valence-electron chi connectivity index (χ1n) is 32.8. The van der Waals surface area contributed by atoms with Crippen LogP contribution in [0.4, 0.5) is 0 Å². The van der Waals surface area contributed by atoms with Gasteiger partial charge in [-0.05, 0) is 303 Å². The third-order valence-corrected chi connectivity index (χ3v) is 30.2. The zero-order valence-corrected chi connectivity index (χ0v) is 47.0. The first-order chi connectivity index (χ1) is 42.4. The van der Waals surface area contributed by atoms with Gasteiger partial charge in [0.05, 0.1) is 115 Å². The average Bonchev–Trinajstić information content (AvgIpc) is 1.38. The lowest BCUT2D eigenvalue weighted by Crippen LogP contribution is -2.51. The maximum Gasteiger partial charge on any atom is 0.102 e. The van der Waals surface area contributed by atoms with Crippen LogP contribution in [0.15, 0.2) is 0 Å². The van der Waals surface area contributed by atoms with E-state index in [0.29, 0.717) is 52.7 Å². The number of hydrogen-bond donors (Lipinski definition) is 2. The summed E-state index contributed by atoms with van der Waals surface area (Å²) in [5.74, 6) is 0. The van der Waals surface area contributed by atoms with Gasteiger partial charge in [-0.2, -0.15) is 0 Å². The van der Waals surface area contributed by atoms with E-state index in [1.165, 1.54) is 0 Å². The Balaban J connectivity index is 0.903. The molecule has 0 saturated carbocycles. The van der Waals surface area contributed by atoms with E-state index in [9.17, 15) is 0 Å². The Labute approximate surface area is 480 Å². The molecule has 34 rings (SSSR count). The van der Waals surface area contributed by atoms with Gasteiger partial charge in [0.2, 0.25) is 0 Å². The third-order valence-electron chi connectivity index (χ3n) is 30.2. The van der Waals surface area contributed by atoms with Crippen LogP contribution < -0.4 is 11.5 Å². The minimum Gasteiger partial charge on any atom is -0.378 e. The number of nitrogens with zero attached hydrogens (tertiary/aromatic N) is 2. The first-order valence-corrected chi connectivity index (χ1v) is 32.8. The zero-order chi connectivity index (χ0) is 53.5. The van der Waals surface area contributed by atoms with Crippen molar-refractivity contribution in [3.63, 3.8) is 0 Å². The van der Waals surface area contributed by atoms with Gasteiger partial charge in [0, 0.05) is 13.1 Å². The largest absolute Gasteiger partial charge is 0.378 e. The fourth-order valence-electron chi connectivity index (χ4n) is 29.9. The summed E-state index contributed by atoms with van der Waals surface area (Å²) in [7, 11) is 5.40. The Kier molecular flexibility index (Phi) is 4.32. The van der Waals surface area contributed by atoms with Crippen molar-refractivity contribution < 1.29 is 27.9 Å². The van der Waals surface area contributed by atoms with Gasteiger partial charge in [-0.15, -0.1) is 0 Å². The van der Waals surface area contributed by atoms with E-state index in [1.807, 2.05) is 0 Å². The Morgan fingerprint density at radius 3 is 0.535 bits per heavy atom. The van der Waals surface area contributed by atoms with Crippen molar-refractivity contribution in [2.75, 3.05) is 119 Å². The number of rotatable bonds is 16. The van der Waals surface area contributed by atoms with Crippen LogP contribution in [0.1, 0.15) is 44.5 Å². The molecule has 0 bridgehead atoms. The number of benzene rings is 16. The van der Waals surface area contributed by atoms with Crippen LogP contribution in [0.5, 0.6) is 0 Å². The molecule has 8 nitrogen and oxygen atoms in total. The van der Waals surface area contributed by atoms with Gasteiger partial charge in [-0.3, -0.25) is 0 Å². The smallest absolute Gasteiger partial charge is 0.102 e. The lowest BCUT2D eigenvalue weighted by molar-refractivity contribution is -0.900. The summed E-state index contributed by atoms with van der Waals surface area (Å²) in [4.78, 5) is 0. The fraction of sp³-hybridized carbons (Fsp3) is 0.282. The van der Waals surface area contributed by atoms with E-state index >= 15 is 0 Å². The molecule has 24 aromatic carbocycles. The quantitative estimate of drug-likeness (QED) is 0.0569. The van der Waals surface area contributed by atoms with Crippen molar-refractivity contribution in [3.05, 3.63) is 44.5 Å². The molecule has 4 N–H and O–H groups in total. The van der Waals surface area contributed by atoms with Crippen molar-refractivity contribution in [2.45, 2.75) is 21.7 Å². The molecule has 2 saturated heterocycles. The van der Waals surface area contributed by atoms with Crippen molar-refractivity contribution in [1.82, 2.24) is 0 Å². The van der Waals surface area contributed by atoms with E-state index in [2.05, 4.69) is 14.1 Å². The molecule has 4 spiro atoms. The van der Waals surface area contributed by atoms with E-state index in [-0.39, 0.29) is 21.7 Å². The summed E-state index contributed by atoms with van der Waals surface area (Å²) in [5, 5.41) is 81.0. The number of nitrogens with two attached hydrogens (primary N) is 2. The molecule has 8 heteroatoms. The second-order valence-electron chi connectivity index (χ2n) is 32.0. The fourth-order valence-corrected chi connectivity index (χ4v) is 29.9. The normalized spacial score (nSPS) is 28.6. The molecule has 2 fully saturated rings. The molecule has 396 valence electrons. The molecule has 8 aliphatic carbocycles. The molecule has 2 aliphatic heterocycles. The number of likely N-dealkylation sites (tertiary alicyclic amines) is 2. The van der Waals surface area contributed by atoms with E-state index in [1.54, 1.807) is 303 Å². The molecule has 24 aromatic rings. The van der Waals surface area contributed by atoms with E-state index < -0.39 is 0 Å². The van der Waals surface area contributed by atoms with Gasteiger partial charge in [-0.1, -0.05) is 0 Å². The molecule has 6 unspecified atom stereocenters. The Bertz CT molecular complexity index is 7210. The SMILES string of the molecule is C[N+]1(CCOCCOCCN)CC23c4c5c6c7c8c4c4c2c2c9c%10c%11c%12c(c5c5c6c6c%13c%14c%15c%16c%17c(c8c8c4c4c2c2c9c9c%11c%11c%18c%12c5c%13c%18c5c%14c%12c%16c%13c%17c8c4c4c2c2c9c%11c5c%12c2c%134)C72C[N+](C)(CCOCCOCCN)CC6%152)C%103C1. The molecule has 10 aliphatic rings. The Morgan fingerprint density at radius 2 is 0.360 bits per heavy atom. The van der Waals surface area contributed by atoms with Gasteiger partial charge < -0.3 is 39.4 Å². The highest BCUT2D eigenvalue weighted by molar-refractivity contribution is 6.78. The topological polar surface area (TPSA) is 89.0 Å². The van der Waals surface area contributed by atoms with Gasteiger partial charge >= 0.3 is 0 Å². The lowest BCUT2D eigenvalue weighted by atomic mass is 9.49. The second-order valence-corrected chi connectivity index (χ2v) is 32.0. The van der Waals surface area contributed by atoms with Crippen LogP contribution in [0.3, 0.4) is 0 Å². The van der Waals surface area contributed by atoms with Crippen molar-refractivity contribution >= 4 is 259 Å². The van der Waals surface area contributed by atoms with Crippen molar-refractivity contribution in [1.29, 1.82) is 0 Å².